The largest absolute Gasteiger partial charge is 0.339 e. The molecule has 1 saturated heterocycles. The third kappa shape index (κ3) is 2.71. The van der Waals surface area contributed by atoms with E-state index in [0.717, 1.165) is 37.8 Å². The highest BCUT2D eigenvalue weighted by Gasteiger charge is 2.40. The molecule has 0 spiro atoms. The molecule has 114 valence electrons. The van der Waals surface area contributed by atoms with Gasteiger partial charge in [-0.25, -0.2) is 0 Å². The van der Waals surface area contributed by atoms with Gasteiger partial charge in [-0.15, -0.1) is 12.4 Å². The number of nitrogens with one attached hydrogen (secondary N) is 1. The summed E-state index contributed by atoms with van der Waals surface area (Å²) < 4.78 is 5.63. The van der Waals surface area contributed by atoms with Crippen LogP contribution in [0.25, 0.3) is 0 Å². The van der Waals surface area contributed by atoms with Crippen LogP contribution >= 0.6 is 12.4 Å². The van der Waals surface area contributed by atoms with E-state index in [1.54, 1.807) is 0 Å². The van der Waals surface area contributed by atoms with E-state index in [4.69, 9.17) is 9.51 Å². The van der Waals surface area contributed by atoms with Crippen molar-refractivity contribution in [1.82, 2.24) is 20.4 Å². The number of hydrogen-bond acceptors (Lipinski definition) is 5. The maximum absolute atomic E-state index is 5.63. The number of rotatable bonds is 3. The Hall–Kier alpha value is -0.650. The van der Waals surface area contributed by atoms with Crippen LogP contribution in [0.2, 0.25) is 0 Å². The third-order valence-corrected chi connectivity index (χ3v) is 4.94. The highest BCUT2D eigenvalue weighted by atomic mass is 35.5. The third-order valence-electron chi connectivity index (χ3n) is 4.94. The maximum Gasteiger partial charge on any atom is 0.232 e. The first kappa shape index (κ1) is 15.7. The minimum Gasteiger partial charge on any atom is -0.339 e. The Labute approximate surface area is 126 Å². The average Bonchev–Trinajstić information content (AvgIpc) is 3.09. The topological polar surface area (TPSA) is 54.2 Å². The zero-order valence-electron chi connectivity index (χ0n) is 12.4. The van der Waals surface area contributed by atoms with Gasteiger partial charge >= 0.3 is 0 Å². The molecule has 1 atom stereocenters. The molecule has 1 unspecified atom stereocenters. The number of piperazine rings is 1. The van der Waals surface area contributed by atoms with Crippen molar-refractivity contribution in [3.8, 4) is 0 Å². The molecule has 0 radical (unpaired) electrons. The molecule has 5 nitrogen and oxygen atoms in total. The van der Waals surface area contributed by atoms with Crippen LogP contribution < -0.4 is 5.32 Å². The van der Waals surface area contributed by atoms with Crippen LogP contribution in [0.1, 0.15) is 56.8 Å². The van der Waals surface area contributed by atoms with Crippen molar-refractivity contribution in [2.24, 2.45) is 0 Å². The molecule has 1 saturated carbocycles. The van der Waals surface area contributed by atoms with Gasteiger partial charge in [0.2, 0.25) is 5.89 Å². The molecule has 1 aliphatic carbocycles. The minimum absolute atomic E-state index is 0. The highest BCUT2D eigenvalue weighted by Crippen LogP contribution is 2.43. The Morgan fingerprint density at radius 2 is 2.15 bits per heavy atom. The summed E-state index contributed by atoms with van der Waals surface area (Å²) in [5.74, 6) is 1.73. The van der Waals surface area contributed by atoms with Crippen LogP contribution in [0.4, 0.5) is 0 Å². The van der Waals surface area contributed by atoms with E-state index < -0.39 is 0 Å². The lowest BCUT2D eigenvalue weighted by Gasteiger charge is -2.30. The first-order valence-electron chi connectivity index (χ1n) is 7.50. The second-order valence-electron chi connectivity index (χ2n) is 6.00. The van der Waals surface area contributed by atoms with E-state index in [1.807, 2.05) is 0 Å². The average molecular weight is 301 g/mol. The molecule has 0 aromatic carbocycles. The normalized spacial score (nSPS) is 26.4. The van der Waals surface area contributed by atoms with Gasteiger partial charge in [-0.05, 0) is 26.3 Å². The van der Waals surface area contributed by atoms with Crippen molar-refractivity contribution in [2.45, 2.75) is 50.5 Å². The maximum atomic E-state index is 5.63. The number of aromatic nitrogens is 2. The first-order valence-corrected chi connectivity index (χ1v) is 7.50. The van der Waals surface area contributed by atoms with Gasteiger partial charge in [0.25, 0.3) is 0 Å². The van der Waals surface area contributed by atoms with Crippen LogP contribution in [0.15, 0.2) is 4.52 Å². The molecular weight excluding hydrogens is 276 g/mol. The molecule has 20 heavy (non-hydrogen) atoms. The van der Waals surface area contributed by atoms with Crippen LogP contribution in [0.5, 0.6) is 0 Å². The second-order valence-corrected chi connectivity index (χ2v) is 6.00. The van der Waals surface area contributed by atoms with Crippen LogP contribution in [0.3, 0.4) is 0 Å². The Morgan fingerprint density at radius 3 is 2.80 bits per heavy atom. The molecule has 2 aliphatic rings. The zero-order chi connectivity index (χ0) is 13.3. The van der Waals surface area contributed by atoms with Crippen molar-refractivity contribution >= 4 is 12.4 Å². The lowest BCUT2D eigenvalue weighted by Crippen LogP contribution is -2.44. The van der Waals surface area contributed by atoms with Gasteiger partial charge < -0.3 is 9.84 Å². The Bertz CT molecular complexity index is 431. The summed E-state index contributed by atoms with van der Waals surface area (Å²) in [6.07, 6.45) is 6.08. The van der Waals surface area contributed by atoms with E-state index in [0.29, 0.717) is 0 Å². The van der Waals surface area contributed by atoms with Gasteiger partial charge in [0, 0.05) is 25.0 Å². The van der Waals surface area contributed by atoms with E-state index in [1.165, 1.54) is 25.7 Å². The molecule has 3 rings (SSSR count). The van der Waals surface area contributed by atoms with Crippen molar-refractivity contribution in [1.29, 1.82) is 0 Å². The van der Waals surface area contributed by atoms with Crippen molar-refractivity contribution in [3.05, 3.63) is 11.7 Å². The second kappa shape index (κ2) is 6.41. The Morgan fingerprint density at radius 1 is 1.40 bits per heavy atom. The molecule has 0 bridgehead atoms. The van der Waals surface area contributed by atoms with E-state index in [2.05, 4.69) is 29.3 Å². The lowest BCUT2D eigenvalue weighted by atomic mass is 9.83. The lowest BCUT2D eigenvalue weighted by molar-refractivity contribution is 0.189. The number of hydrogen-bond donors (Lipinski definition) is 1. The fourth-order valence-corrected chi connectivity index (χ4v) is 3.45. The predicted molar refractivity (Wildman–Crippen MR) is 80.2 cm³/mol. The number of likely N-dealkylation sites (N-methyl/N-ethyl adjacent to an activating group) is 1. The van der Waals surface area contributed by atoms with Crippen molar-refractivity contribution in [3.63, 3.8) is 0 Å². The standard InChI is InChI=1S/C14H24N4O.ClH/c1-3-14(6-4-5-7-14)13-16-12(17-19-13)11-10-15-8-9-18(11)2;/h11,15H,3-10H2,1-2H3;1H. The van der Waals surface area contributed by atoms with E-state index >= 15 is 0 Å². The molecule has 1 aromatic rings. The highest BCUT2D eigenvalue weighted by molar-refractivity contribution is 5.85. The molecule has 1 aliphatic heterocycles. The number of nitrogens with zero attached hydrogens (tertiary/aromatic N) is 3. The number of halogens is 1. The summed E-state index contributed by atoms with van der Waals surface area (Å²) in [5.41, 5.74) is 0.159. The van der Waals surface area contributed by atoms with Gasteiger partial charge in [0.15, 0.2) is 5.82 Å². The molecular formula is C14H25ClN4O. The molecule has 1 N–H and O–H groups in total. The summed E-state index contributed by atoms with van der Waals surface area (Å²) in [5, 5.41) is 7.66. The van der Waals surface area contributed by atoms with Gasteiger partial charge in [0.1, 0.15) is 0 Å². The summed E-state index contributed by atoms with van der Waals surface area (Å²) in [4.78, 5) is 7.05. The van der Waals surface area contributed by atoms with Crippen molar-refractivity contribution in [2.75, 3.05) is 26.7 Å². The van der Waals surface area contributed by atoms with Gasteiger partial charge in [0.05, 0.1) is 6.04 Å². The smallest absolute Gasteiger partial charge is 0.232 e. The fraction of sp³-hybridized carbons (Fsp3) is 0.857. The van der Waals surface area contributed by atoms with E-state index in [-0.39, 0.29) is 23.9 Å². The summed E-state index contributed by atoms with van der Waals surface area (Å²) in [6, 6.07) is 0.251. The predicted octanol–water partition coefficient (Wildman–Crippen LogP) is 2.29. The Balaban J connectivity index is 0.00000147. The molecule has 2 fully saturated rings. The van der Waals surface area contributed by atoms with Crippen LogP contribution in [-0.2, 0) is 5.41 Å². The first-order chi connectivity index (χ1) is 9.25. The van der Waals surface area contributed by atoms with Crippen LogP contribution in [0, 0.1) is 0 Å². The Kier molecular flexibility index (Phi) is 5.04. The quantitative estimate of drug-likeness (QED) is 0.928. The molecule has 0 amide bonds. The molecule has 2 heterocycles. The van der Waals surface area contributed by atoms with Gasteiger partial charge in [-0.1, -0.05) is 24.9 Å². The summed E-state index contributed by atoms with van der Waals surface area (Å²) in [6.45, 7) is 5.22. The zero-order valence-corrected chi connectivity index (χ0v) is 13.2. The summed E-state index contributed by atoms with van der Waals surface area (Å²) >= 11 is 0. The van der Waals surface area contributed by atoms with Crippen molar-refractivity contribution < 1.29 is 4.52 Å². The monoisotopic (exact) mass is 300 g/mol. The molecule has 6 heteroatoms. The van der Waals surface area contributed by atoms with E-state index in [9.17, 15) is 0 Å². The fourth-order valence-electron chi connectivity index (χ4n) is 3.45. The van der Waals surface area contributed by atoms with Gasteiger partial charge in [-0.3, -0.25) is 4.90 Å². The summed E-state index contributed by atoms with van der Waals surface area (Å²) in [7, 11) is 2.13. The van der Waals surface area contributed by atoms with Crippen LogP contribution in [-0.4, -0.2) is 41.7 Å². The molecule has 1 aromatic heterocycles. The minimum atomic E-state index is 0. The van der Waals surface area contributed by atoms with Gasteiger partial charge in [-0.2, -0.15) is 4.98 Å². The SMILES string of the molecule is CCC1(c2nc(C3CNCCN3C)no2)CCCC1.Cl.